The number of rotatable bonds is 9. The molecule has 1 N–H and O–H groups in total. The van der Waals surface area contributed by atoms with E-state index in [9.17, 15) is 9.59 Å². The summed E-state index contributed by atoms with van der Waals surface area (Å²) < 4.78 is 7.31. The lowest BCUT2D eigenvalue weighted by Crippen LogP contribution is -2.73. The van der Waals surface area contributed by atoms with Crippen molar-refractivity contribution in [3.05, 3.63) is 41.2 Å². The van der Waals surface area contributed by atoms with Gasteiger partial charge in [0.25, 0.3) is 0 Å². The van der Waals surface area contributed by atoms with E-state index in [1.54, 1.807) is 7.11 Å². The van der Waals surface area contributed by atoms with Crippen LogP contribution in [0.4, 0.5) is 0 Å². The number of hydrogen-bond acceptors (Lipinski definition) is 5. The number of likely N-dealkylation sites (tertiary alicyclic amines) is 1. The van der Waals surface area contributed by atoms with Crippen molar-refractivity contribution in [2.75, 3.05) is 26.7 Å². The molecule has 2 saturated heterocycles. The number of nitrogens with one attached hydrogen (secondary N) is 1. The standard InChI is InChI=1S/C32H47N5O3.2ClH/c1-5-6-18-36-30(38)29(21-25-10-8-7-9-11-25)33-31(39)32(36)16-19-35(20-17-32)22-28-23(2)34-37(24(28)3)26-12-14-27(40-4)15-13-26;;/h12-15,25,29H,5-11,16-22H2,1-4H3,(H,33,39);2*1H/t29-;;/m0../s1. The minimum Gasteiger partial charge on any atom is -0.497 e. The topological polar surface area (TPSA) is 79.7 Å². The zero-order valence-corrected chi connectivity index (χ0v) is 27.3. The number of ether oxygens (including phenoxy) is 1. The molecule has 1 spiro atoms. The maximum atomic E-state index is 13.8. The summed E-state index contributed by atoms with van der Waals surface area (Å²) in [4.78, 5) is 32.0. The van der Waals surface area contributed by atoms with Crippen molar-refractivity contribution >= 4 is 36.6 Å². The van der Waals surface area contributed by atoms with Crippen LogP contribution in [-0.4, -0.2) is 69.7 Å². The molecule has 2 aromatic rings. The normalized spacial score (nSPS) is 21.0. The van der Waals surface area contributed by atoms with Gasteiger partial charge in [-0.2, -0.15) is 5.10 Å². The van der Waals surface area contributed by atoms with Gasteiger partial charge in [-0.1, -0.05) is 45.4 Å². The van der Waals surface area contributed by atoms with Crippen LogP contribution in [0.5, 0.6) is 5.75 Å². The fourth-order valence-corrected chi connectivity index (χ4v) is 7.11. The molecule has 5 rings (SSSR count). The van der Waals surface area contributed by atoms with E-state index in [1.807, 2.05) is 33.8 Å². The highest BCUT2D eigenvalue weighted by molar-refractivity contribution is 6.00. The predicted molar refractivity (Wildman–Crippen MR) is 171 cm³/mol. The first-order chi connectivity index (χ1) is 19.4. The zero-order chi connectivity index (χ0) is 28.3. The number of amides is 2. The van der Waals surface area contributed by atoms with Gasteiger partial charge in [-0.05, 0) is 69.7 Å². The Balaban J connectivity index is 0.00000242. The molecular formula is C32H49Cl2N5O3. The van der Waals surface area contributed by atoms with Crippen LogP contribution < -0.4 is 10.1 Å². The molecule has 0 unspecified atom stereocenters. The summed E-state index contributed by atoms with van der Waals surface area (Å²) in [6.07, 6.45) is 10.3. The molecule has 0 radical (unpaired) electrons. The molecule has 10 heteroatoms. The molecule has 8 nitrogen and oxygen atoms in total. The van der Waals surface area contributed by atoms with Gasteiger partial charge in [0.05, 0.1) is 18.5 Å². The number of carbonyl (C=O) groups is 2. The van der Waals surface area contributed by atoms with Crippen molar-refractivity contribution in [2.45, 2.75) is 103 Å². The molecule has 2 amide bonds. The average molecular weight is 623 g/mol. The summed E-state index contributed by atoms with van der Waals surface area (Å²) in [5.74, 6) is 1.60. The summed E-state index contributed by atoms with van der Waals surface area (Å²) in [6, 6.07) is 7.60. The Morgan fingerprint density at radius 1 is 1.02 bits per heavy atom. The van der Waals surface area contributed by atoms with Crippen LogP contribution in [0.3, 0.4) is 0 Å². The van der Waals surface area contributed by atoms with E-state index in [1.165, 1.54) is 37.7 Å². The van der Waals surface area contributed by atoms with Crippen LogP contribution in [0.2, 0.25) is 0 Å². The first kappa shape index (κ1) is 34.2. The van der Waals surface area contributed by atoms with Crippen molar-refractivity contribution in [3.63, 3.8) is 0 Å². The number of piperidine rings is 1. The third kappa shape index (κ3) is 6.92. The Labute approximate surface area is 263 Å². The minimum absolute atomic E-state index is 0. The van der Waals surface area contributed by atoms with Gasteiger partial charge in [0.15, 0.2) is 0 Å². The van der Waals surface area contributed by atoms with Gasteiger partial charge in [-0.15, -0.1) is 24.8 Å². The van der Waals surface area contributed by atoms with Gasteiger partial charge in [0, 0.05) is 37.4 Å². The van der Waals surface area contributed by atoms with Gasteiger partial charge in [0.2, 0.25) is 11.8 Å². The van der Waals surface area contributed by atoms with Gasteiger partial charge in [-0.3, -0.25) is 14.5 Å². The molecular weight excluding hydrogens is 573 g/mol. The summed E-state index contributed by atoms with van der Waals surface area (Å²) in [6.45, 7) is 9.37. The lowest BCUT2D eigenvalue weighted by atomic mass is 9.79. The predicted octanol–water partition coefficient (Wildman–Crippen LogP) is 5.77. The second-order valence-corrected chi connectivity index (χ2v) is 12.2. The highest BCUT2D eigenvalue weighted by atomic mass is 35.5. The highest BCUT2D eigenvalue weighted by Crippen LogP contribution is 2.36. The number of aryl methyl sites for hydroxylation is 1. The van der Waals surface area contributed by atoms with Crippen LogP contribution in [0, 0.1) is 19.8 Å². The fourth-order valence-electron chi connectivity index (χ4n) is 7.11. The number of benzene rings is 1. The SMILES string of the molecule is CCCCN1C(=O)[C@H](CC2CCCCC2)NC(=O)C12CCN(Cc1c(C)nn(-c3ccc(OC)cc3)c1C)CC2.Cl.Cl. The summed E-state index contributed by atoms with van der Waals surface area (Å²) in [7, 11) is 1.67. The second-order valence-electron chi connectivity index (χ2n) is 12.2. The summed E-state index contributed by atoms with van der Waals surface area (Å²) in [5, 5.41) is 8.06. The fraction of sp³-hybridized carbons (Fsp3) is 0.656. The van der Waals surface area contributed by atoms with Gasteiger partial charge in [-0.25, -0.2) is 4.68 Å². The third-order valence-corrected chi connectivity index (χ3v) is 9.66. The molecule has 3 heterocycles. The molecule has 42 heavy (non-hydrogen) atoms. The number of aromatic nitrogens is 2. The lowest BCUT2D eigenvalue weighted by molar-refractivity contribution is -0.162. The minimum atomic E-state index is -0.719. The maximum Gasteiger partial charge on any atom is 0.246 e. The summed E-state index contributed by atoms with van der Waals surface area (Å²) >= 11 is 0. The van der Waals surface area contributed by atoms with Crippen molar-refractivity contribution < 1.29 is 14.3 Å². The molecule has 1 atom stereocenters. The third-order valence-electron chi connectivity index (χ3n) is 9.66. The van der Waals surface area contributed by atoms with Crippen molar-refractivity contribution in [3.8, 4) is 11.4 Å². The molecule has 3 fully saturated rings. The van der Waals surface area contributed by atoms with Crippen LogP contribution in [0.15, 0.2) is 24.3 Å². The van der Waals surface area contributed by atoms with E-state index >= 15 is 0 Å². The van der Waals surface area contributed by atoms with Crippen molar-refractivity contribution in [1.82, 2.24) is 24.9 Å². The van der Waals surface area contributed by atoms with Gasteiger partial charge < -0.3 is 15.0 Å². The number of unbranched alkanes of at least 4 members (excludes halogenated alkanes) is 1. The molecule has 3 aliphatic rings. The van der Waals surface area contributed by atoms with Crippen LogP contribution >= 0.6 is 24.8 Å². The highest BCUT2D eigenvalue weighted by Gasteiger charge is 2.53. The van der Waals surface area contributed by atoms with Gasteiger partial charge in [0.1, 0.15) is 17.3 Å². The number of halogens is 2. The van der Waals surface area contributed by atoms with Crippen LogP contribution in [0.1, 0.15) is 88.1 Å². The van der Waals surface area contributed by atoms with E-state index < -0.39 is 5.54 Å². The number of nitrogens with zero attached hydrogens (tertiary/aromatic N) is 4. The molecule has 1 aromatic heterocycles. The second kappa shape index (κ2) is 14.9. The van der Waals surface area contributed by atoms with Gasteiger partial charge >= 0.3 is 0 Å². The number of carbonyl (C=O) groups excluding carboxylic acids is 2. The Morgan fingerprint density at radius 2 is 1.69 bits per heavy atom. The number of piperazine rings is 1. The molecule has 2 aliphatic heterocycles. The monoisotopic (exact) mass is 621 g/mol. The maximum absolute atomic E-state index is 13.8. The number of methoxy groups -OCH3 is 1. The van der Waals surface area contributed by atoms with Crippen LogP contribution in [0.25, 0.3) is 5.69 Å². The van der Waals surface area contributed by atoms with E-state index in [2.05, 4.69) is 31.0 Å². The smallest absolute Gasteiger partial charge is 0.246 e. The Kier molecular flexibility index (Phi) is 12.2. The Hall–Kier alpha value is -2.29. The number of hydrogen-bond donors (Lipinski definition) is 1. The largest absolute Gasteiger partial charge is 0.497 e. The van der Waals surface area contributed by atoms with Crippen molar-refractivity contribution in [1.29, 1.82) is 0 Å². The molecule has 1 aromatic carbocycles. The van der Waals surface area contributed by atoms with E-state index in [0.29, 0.717) is 25.3 Å². The first-order valence-corrected chi connectivity index (χ1v) is 15.4. The Bertz CT molecular complexity index is 1190. The summed E-state index contributed by atoms with van der Waals surface area (Å²) in [5.41, 5.74) is 3.67. The zero-order valence-electron chi connectivity index (χ0n) is 25.7. The first-order valence-electron chi connectivity index (χ1n) is 15.4. The van der Waals surface area contributed by atoms with Crippen LogP contribution in [-0.2, 0) is 16.1 Å². The molecule has 234 valence electrons. The van der Waals surface area contributed by atoms with Crippen molar-refractivity contribution in [2.24, 2.45) is 5.92 Å². The Morgan fingerprint density at radius 3 is 2.31 bits per heavy atom. The molecule has 1 saturated carbocycles. The average Bonchev–Trinajstić information content (AvgIpc) is 3.26. The van der Waals surface area contributed by atoms with E-state index in [0.717, 1.165) is 61.7 Å². The molecule has 1 aliphatic carbocycles. The molecule has 0 bridgehead atoms. The quantitative estimate of drug-likeness (QED) is 0.384. The lowest BCUT2D eigenvalue weighted by Gasteiger charge is -2.52. The van der Waals surface area contributed by atoms with E-state index in [4.69, 9.17) is 9.84 Å². The van der Waals surface area contributed by atoms with E-state index in [-0.39, 0.29) is 42.7 Å².